The van der Waals surface area contributed by atoms with Crippen LogP contribution in [0.15, 0.2) is 47.8 Å². The minimum Gasteiger partial charge on any atom is -0.490 e. The van der Waals surface area contributed by atoms with Gasteiger partial charge in [-0.25, -0.2) is 4.79 Å². The number of benzene rings is 2. The molecule has 0 atom stereocenters. The van der Waals surface area contributed by atoms with Crippen LogP contribution in [-0.4, -0.2) is 19.2 Å². The fourth-order valence-corrected chi connectivity index (χ4v) is 4.24. The summed E-state index contributed by atoms with van der Waals surface area (Å²) in [6, 6.07) is 14.0. The van der Waals surface area contributed by atoms with Crippen LogP contribution in [0.1, 0.15) is 36.0 Å². The van der Waals surface area contributed by atoms with E-state index in [1.807, 2.05) is 12.1 Å². The van der Waals surface area contributed by atoms with Gasteiger partial charge in [0.25, 0.3) is 0 Å². The van der Waals surface area contributed by atoms with Crippen LogP contribution in [0, 0.1) is 0 Å². The standard InChI is InChI=1S/C21H20O3S/c1-23-21(22)16-8-9-19(24-17-4-2-3-5-17)18(12-16)15-7-6-14-10-11-25-20(14)13-15/h6-13,17H,2-5H2,1H3. The molecule has 1 fully saturated rings. The van der Waals surface area contributed by atoms with Gasteiger partial charge < -0.3 is 9.47 Å². The van der Waals surface area contributed by atoms with E-state index in [1.54, 1.807) is 17.4 Å². The normalized spacial score (nSPS) is 14.8. The average Bonchev–Trinajstić information content (AvgIpc) is 3.32. The van der Waals surface area contributed by atoms with Gasteiger partial charge in [0.15, 0.2) is 0 Å². The van der Waals surface area contributed by atoms with Crippen molar-refractivity contribution in [2.24, 2.45) is 0 Å². The summed E-state index contributed by atoms with van der Waals surface area (Å²) >= 11 is 1.72. The van der Waals surface area contributed by atoms with Crippen molar-refractivity contribution in [1.29, 1.82) is 0 Å². The lowest BCUT2D eigenvalue weighted by Gasteiger charge is -2.17. The highest BCUT2D eigenvalue weighted by atomic mass is 32.1. The number of fused-ring (bicyclic) bond motifs is 1. The summed E-state index contributed by atoms with van der Waals surface area (Å²) in [5.41, 5.74) is 2.56. The van der Waals surface area contributed by atoms with Crippen LogP contribution >= 0.6 is 11.3 Å². The molecular weight excluding hydrogens is 332 g/mol. The van der Waals surface area contributed by atoms with Crippen molar-refractivity contribution < 1.29 is 14.3 Å². The van der Waals surface area contributed by atoms with Gasteiger partial charge in [0.2, 0.25) is 0 Å². The predicted molar refractivity (Wildman–Crippen MR) is 101 cm³/mol. The Hall–Kier alpha value is -2.33. The Bertz CT molecular complexity index is 906. The molecule has 4 heteroatoms. The smallest absolute Gasteiger partial charge is 0.337 e. The minimum absolute atomic E-state index is 0.271. The van der Waals surface area contributed by atoms with Gasteiger partial charge in [0.1, 0.15) is 5.75 Å². The molecule has 3 nitrogen and oxygen atoms in total. The van der Waals surface area contributed by atoms with Gasteiger partial charge in [0, 0.05) is 10.3 Å². The van der Waals surface area contributed by atoms with Crippen LogP contribution in [0.4, 0.5) is 0 Å². The summed E-state index contributed by atoms with van der Waals surface area (Å²) in [6.45, 7) is 0. The summed E-state index contributed by atoms with van der Waals surface area (Å²) in [7, 11) is 1.41. The number of hydrogen-bond donors (Lipinski definition) is 0. The first kappa shape index (κ1) is 16.2. The maximum atomic E-state index is 12.0. The second-order valence-electron chi connectivity index (χ2n) is 6.40. The number of hydrogen-bond acceptors (Lipinski definition) is 4. The zero-order valence-corrected chi connectivity index (χ0v) is 15.0. The van der Waals surface area contributed by atoms with Crippen LogP contribution in [0.25, 0.3) is 21.2 Å². The van der Waals surface area contributed by atoms with E-state index in [4.69, 9.17) is 9.47 Å². The molecular formula is C21H20O3S. The fourth-order valence-electron chi connectivity index (χ4n) is 3.41. The molecule has 0 N–H and O–H groups in total. The summed E-state index contributed by atoms with van der Waals surface area (Å²) < 4.78 is 12.4. The number of rotatable bonds is 4. The lowest BCUT2D eigenvalue weighted by atomic mass is 10.0. The molecule has 0 unspecified atom stereocenters. The molecule has 3 aromatic rings. The van der Waals surface area contributed by atoms with Crippen molar-refractivity contribution in [3.8, 4) is 16.9 Å². The van der Waals surface area contributed by atoms with E-state index in [9.17, 15) is 4.79 Å². The first-order valence-electron chi connectivity index (χ1n) is 8.61. The maximum Gasteiger partial charge on any atom is 0.337 e. The van der Waals surface area contributed by atoms with E-state index in [-0.39, 0.29) is 12.1 Å². The summed E-state index contributed by atoms with van der Waals surface area (Å²) in [5, 5.41) is 3.33. The lowest BCUT2D eigenvalue weighted by Crippen LogP contribution is -2.12. The lowest BCUT2D eigenvalue weighted by molar-refractivity contribution is 0.0600. The van der Waals surface area contributed by atoms with Crippen molar-refractivity contribution in [2.75, 3.05) is 7.11 Å². The van der Waals surface area contributed by atoms with Crippen molar-refractivity contribution >= 4 is 27.4 Å². The van der Waals surface area contributed by atoms with E-state index in [0.29, 0.717) is 5.56 Å². The number of ether oxygens (including phenoxy) is 2. The largest absolute Gasteiger partial charge is 0.490 e. The Morgan fingerprint density at radius 2 is 1.92 bits per heavy atom. The minimum atomic E-state index is -0.328. The molecule has 1 aliphatic rings. The highest BCUT2D eigenvalue weighted by Gasteiger charge is 2.20. The fraction of sp³-hybridized carbons (Fsp3) is 0.286. The molecule has 1 aliphatic carbocycles. The van der Waals surface area contributed by atoms with Gasteiger partial charge in [0.05, 0.1) is 18.8 Å². The summed E-state index contributed by atoms with van der Waals surface area (Å²) in [4.78, 5) is 12.0. The molecule has 4 rings (SSSR count). The topological polar surface area (TPSA) is 35.5 Å². The molecule has 0 radical (unpaired) electrons. The molecule has 2 aromatic carbocycles. The molecule has 128 valence electrons. The Balaban J connectivity index is 1.78. The third-order valence-electron chi connectivity index (χ3n) is 4.76. The molecule has 0 bridgehead atoms. The second kappa shape index (κ2) is 6.89. The van der Waals surface area contributed by atoms with Crippen molar-refractivity contribution in [1.82, 2.24) is 0 Å². The second-order valence-corrected chi connectivity index (χ2v) is 7.35. The molecule has 0 amide bonds. The Kier molecular flexibility index (Phi) is 4.45. The molecule has 0 aliphatic heterocycles. The Morgan fingerprint density at radius 1 is 1.08 bits per heavy atom. The number of methoxy groups -OCH3 is 1. The number of thiophene rings is 1. The summed E-state index contributed by atoms with van der Waals surface area (Å²) in [6.07, 6.45) is 4.92. The van der Waals surface area contributed by atoms with E-state index >= 15 is 0 Å². The predicted octanol–water partition coefficient (Wildman–Crippen LogP) is 5.68. The van der Waals surface area contributed by atoms with Crippen molar-refractivity contribution in [3.63, 3.8) is 0 Å². The molecule has 0 saturated heterocycles. The van der Waals surface area contributed by atoms with Gasteiger partial charge in [-0.3, -0.25) is 0 Å². The van der Waals surface area contributed by atoms with Gasteiger partial charge in [-0.05, 0) is 72.3 Å². The van der Waals surface area contributed by atoms with Crippen LogP contribution in [0.3, 0.4) is 0 Å². The van der Waals surface area contributed by atoms with Crippen LogP contribution in [-0.2, 0) is 4.74 Å². The van der Waals surface area contributed by atoms with E-state index in [1.165, 1.54) is 30.0 Å². The number of carbonyl (C=O) groups excluding carboxylic acids is 1. The number of esters is 1. The first-order valence-corrected chi connectivity index (χ1v) is 9.49. The van der Waals surface area contributed by atoms with Crippen LogP contribution in [0.2, 0.25) is 0 Å². The third-order valence-corrected chi connectivity index (χ3v) is 5.64. The molecule has 25 heavy (non-hydrogen) atoms. The van der Waals surface area contributed by atoms with E-state index in [2.05, 4.69) is 29.6 Å². The monoisotopic (exact) mass is 352 g/mol. The van der Waals surface area contributed by atoms with Crippen molar-refractivity contribution in [3.05, 3.63) is 53.4 Å². The van der Waals surface area contributed by atoms with Crippen molar-refractivity contribution in [2.45, 2.75) is 31.8 Å². The van der Waals surface area contributed by atoms with Gasteiger partial charge >= 0.3 is 5.97 Å². The van der Waals surface area contributed by atoms with Crippen LogP contribution in [0.5, 0.6) is 5.75 Å². The highest BCUT2D eigenvalue weighted by molar-refractivity contribution is 7.17. The molecule has 1 saturated carbocycles. The Labute approximate surface area is 151 Å². The maximum absolute atomic E-state index is 12.0. The molecule has 1 heterocycles. The van der Waals surface area contributed by atoms with Crippen LogP contribution < -0.4 is 4.74 Å². The molecule has 1 aromatic heterocycles. The highest BCUT2D eigenvalue weighted by Crippen LogP contribution is 2.36. The zero-order valence-electron chi connectivity index (χ0n) is 14.2. The first-order chi connectivity index (χ1) is 12.2. The zero-order chi connectivity index (χ0) is 17.2. The van der Waals surface area contributed by atoms with E-state index in [0.717, 1.165) is 29.7 Å². The number of carbonyl (C=O) groups is 1. The van der Waals surface area contributed by atoms with Gasteiger partial charge in [-0.2, -0.15) is 0 Å². The summed E-state index contributed by atoms with van der Waals surface area (Å²) in [5.74, 6) is 0.515. The van der Waals surface area contributed by atoms with Gasteiger partial charge in [-0.15, -0.1) is 11.3 Å². The quantitative estimate of drug-likeness (QED) is 0.567. The molecule has 0 spiro atoms. The Morgan fingerprint density at radius 3 is 2.72 bits per heavy atom. The van der Waals surface area contributed by atoms with E-state index < -0.39 is 0 Å². The third kappa shape index (κ3) is 3.27. The van der Waals surface area contributed by atoms with Gasteiger partial charge in [-0.1, -0.05) is 12.1 Å². The SMILES string of the molecule is COC(=O)c1ccc(OC2CCCC2)c(-c2ccc3ccsc3c2)c1. The average molecular weight is 352 g/mol.